The number of nitrogens with one attached hydrogen (secondary N) is 1. The second kappa shape index (κ2) is 9.93. The summed E-state index contributed by atoms with van der Waals surface area (Å²) in [5.74, 6) is 0.0348. The maximum Gasteiger partial charge on any atom is 0.406 e. The van der Waals surface area contributed by atoms with Crippen molar-refractivity contribution in [3.05, 3.63) is 35.9 Å². The second-order valence-corrected chi connectivity index (χ2v) is 6.23. The van der Waals surface area contributed by atoms with Crippen LogP contribution in [0.1, 0.15) is 32.3 Å². The Hall–Kier alpha value is -2.08. The second-order valence-electron chi connectivity index (χ2n) is 6.23. The van der Waals surface area contributed by atoms with Crippen molar-refractivity contribution in [2.75, 3.05) is 27.4 Å². The Kier molecular flexibility index (Phi) is 8.26. The predicted octanol–water partition coefficient (Wildman–Crippen LogP) is 2.58. The lowest BCUT2D eigenvalue weighted by Crippen LogP contribution is -2.50. The summed E-state index contributed by atoms with van der Waals surface area (Å²) in [5, 5.41) is 2.58. The van der Waals surface area contributed by atoms with Gasteiger partial charge >= 0.3 is 6.09 Å². The van der Waals surface area contributed by atoms with Crippen LogP contribution in [0.15, 0.2) is 30.3 Å². The zero-order valence-electron chi connectivity index (χ0n) is 15.0. The van der Waals surface area contributed by atoms with Gasteiger partial charge in [-0.1, -0.05) is 30.3 Å². The van der Waals surface area contributed by atoms with Crippen molar-refractivity contribution >= 4 is 12.0 Å². The number of nitrogens with zero attached hydrogens (tertiary/aromatic N) is 1. The van der Waals surface area contributed by atoms with Crippen LogP contribution in [0.3, 0.4) is 0 Å². The standard InChI is InChI=1S/C18H28N2O4/c1-18(2,14-23-3)20(13-15-9-6-5-7-10-15)16(21)11-8-12-19-17(22)24-4/h5-7,9-10H,8,11-14H2,1-4H3,(H,19,22). The molecule has 0 saturated heterocycles. The number of rotatable bonds is 9. The molecule has 0 atom stereocenters. The van der Waals surface area contributed by atoms with E-state index in [1.807, 2.05) is 49.1 Å². The number of methoxy groups -OCH3 is 2. The van der Waals surface area contributed by atoms with E-state index in [1.165, 1.54) is 7.11 Å². The molecule has 0 aliphatic heterocycles. The van der Waals surface area contributed by atoms with Crippen LogP contribution in [0.25, 0.3) is 0 Å². The summed E-state index contributed by atoms with van der Waals surface area (Å²) in [5.41, 5.74) is 0.653. The van der Waals surface area contributed by atoms with Gasteiger partial charge in [-0.05, 0) is 25.8 Å². The number of hydrogen-bond donors (Lipinski definition) is 1. The van der Waals surface area contributed by atoms with Gasteiger partial charge in [-0.15, -0.1) is 0 Å². The number of amides is 2. The first-order chi connectivity index (χ1) is 11.4. The van der Waals surface area contributed by atoms with E-state index in [0.717, 1.165) is 5.56 Å². The van der Waals surface area contributed by atoms with Crippen molar-refractivity contribution in [3.8, 4) is 0 Å². The van der Waals surface area contributed by atoms with Crippen LogP contribution in [0, 0.1) is 0 Å². The van der Waals surface area contributed by atoms with Crippen LogP contribution < -0.4 is 5.32 Å². The highest BCUT2D eigenvalue weighted by atomic mass is 16.5. The van der Waals surface area contributed by atoms with Crippen LogP contribution in [-0.4, -0.2) is 49.8 Å². The van der Waals surface area contributed by atoms with Crippen molar-refractivity contribution in [2.45, 2.75) is 38.8 Å². The number of hydrogen-bond acceptors (Lipinski definition) is 4. The van der Waals surface area contributed by atoms with Crippen LogP contribution in [0.2, 0.25) is 0 Å². The Morgan fingerprint density at radius 3 is 2.42 bits per heavy atom. The molecule has 0 heterocycles. The summed E-state index contributed by atoms with van der Waals surface area (Å²) >= 11 is 0. The van der Waals surface area contributed by atoms with E-state index in [1.54, 1.807) is 7.11 Å². The lowest BCUT2D eigenvalue weighted by molar-refractivity contribution is -0.139. The topological polar surface area (TPSA) is 67.9 Å². The summed E-state index contributed by atoms with van der Waals surface area (Å²) < 4.78 is 9.79. The SMILES string of the molecule is COCC(C)(C)N(Cc1ccccc1)C(=O)CCCNC(=O)OC. The van der Waals surface area contributed by atoms with E-state index in [0.29, 0.717) is 32.5 Å². The highest BCUT2D eigenvalue weighted by Crippen LogP contribution is 2.20. The average Bonchev–Trinajstić information content (AvgIpc) is 2.56. The normalized spacial score (nSPS) is 11.0. The molecule has 6 heteroatoms. The third kappa shape index (κ3) is 6.58. The minimum atomic E-state index is -0.483. The van der Waals surface area contributed by atoms with Gasteiger partial charge in [0.15, 0.2) is 0 Å². The molecule has 0 aromatic heterocycles. The molecule has 0 fully saturated rings. The first-order valence-corrected chi connectivity index (χ1v) is 8.06. The van der Waals surface area contributed by atoms with Gasteiger partial charge in [0.05, 0.1) is 19.3 Å². The summed E-state index contributed by atoms with van der Waals surface area (Å²) in [6, 6.07) is 9.88. The molecule has 1 N–H and O–H groups in total. The Bertz CT molecular complexity index is 517. The molecule has 0 spiro atoms. The molecule has 0 saturated carbocycles. The van der Waals surface area contributed by atoms with Gasteiger partial charge < -0.3 is 19.7 Å². The molecule has 0 radical (unpaired) electrons. The minimum absolute atomic E-state index is 0.0348. The van der Waals surface area contributed by atoms with Gasteiger partial charge in [0.25, 0.3) is 0 Å². The molecular formula is C18H28N2O4. The van der Waals surface area contributed by atoms with E-state index in [4.69, 9.17) is 4.74 Å². The average molecular weight is 336 g/mol. The molecule has 1 rings (SSSR count). The molecule has 134 valence electrons. The fourth-order valence-corrected chi connectivity index (χ4v) is 2.47. The van der Waals surface area contributed by atoms with E-state index in [9.17, 15) is 9.59 Å². The highest BCUT2D eigenvalue weighted by molar-refractivity contribution is 5.77. The number of ether oxygens (including phenoxy) is 2. The van der Waals surface area contributed by atoms with E-state index < -0.39 is 11.6 Å². The van der Waals surface area contributed by atoms with E-state index in [-0.39, 0.29) is 5.91 Å². The molecular weight excluding hydrogens is 308 g/mol. The maximum absolute atomic E-state index is 12.7. The Morgan fingerprint density at radius 1 is 1.17 bits per heavy atom. The van der Waals surface area contributed by atoms with Gasteiger partial charge in [0, 0.05) is 26.6 Å². The molecule has 2 amide bonds. The molecule has 0 bridgehead atoms. The smallest absolute Gasteiger partial charge is 0.406 e. The van der Waals surface area contributed by atoms with Crippen molar-refractivity contribution in [1.82, 2.24) is 10.2 Å². The zero-order chi connectivity index (χ0) is 18.0. The lowest BCUT2D eigenvalue weighted by Gasteiger charge is -2.38. The molecule has 6 nitrogen and oxygen atoms in total. The monoisotopic (exact) mass is 336 g/mol. The molecule has 1 aromatic rings. The fourth-order valence-electron chi connectivity index (χ4n) is 2.47. The van der Waals surface area contributed by atoms with E-state index >= 15 is 0 Å². The predicted molar refractivity (Wildman–Crippen MR) is 92.6 cm³/mol. The lowest BCUT2D eigenvalue weighted by atomic mass is 10.0. The fraction of sp³-hybridized carbons (Fsp3) is 0.556. The molecule has 0 aliphatic carbocycles. The maximum atomic E-state index is 12.7. The van der Waals surface area contributed by atoms with E-state index in [2.05, 4.69) is 10.1 Å². The molecule has 24 heavy (non-hydrogen) atoms. The van der Waals surface area contributed by atoms with Crippen LogP contribution in [0.4, 0.5) is 4.79 Å². The van der Waals surface area contributed by atoms with Crippen molar-refractivity contribution in [1.29, 1.82) is 0 Å². The first-order valence-electron chi connectivity index (χ1n) is 8.06. The highest BCUT2D eigenvalue weighted by Gasteiger charge is 2.30. The van der Waals surface area contributed by atoms with Crippen LogP contribution in [-0.2, 0) is 20.8 Å². The Morgan fingerprint density at radius 2 is 1.83 bits per heavy atom. The number of benzene rings is 1. The minimum Gasteiger partial charge on any atom is -0.453 e. The van der Waals surface area contributed by atoms with Crippen LogP contribution >= 0.6 is 0 Å². The Balaban J connectivity index is 2.69. The Labute approximate surface area is 144 Å². The van der Waals surface area contributed by atoms with Gasteiger partial charge in [-0.2, -0.15) is 0 Å². The summed E-state index contributed by atoms with van der Waals surface area (Å²) in [6.07, 6.45) is 0.426. The van der Waals surface area contributed by atoms with Gasteiger partial charge in [0.2, 0.25) is 5.91 Å². The zero-order valence-corrected chi connectivity index (χ0v) is 15.0. The van der Waals surface area contributed by atoms with Gasteiger partial charge in [-0.25, -0.2) is 4.79 Å². The van der Waals surface area contributed by atoms with Crippen molar-refractivity contribution in [3.63, 3.8) is 0 Å². The quantitative estimate of drug-likeness (QED) is 0.704. The van der Waals surface area contributed by atoms with Crippen LogP contribution in [0.5, 0.6) is 0 Å². The van der Waals surface area contributed by atoms with Crippen molar-refractivity contribution in [2.24, 2.45) is 0 Å². The molecule has 1 aromatic carbocycles. The molecule has 0 unspecified atom stereocenters. The first kappa shape index (κ1) is 20.0. The summed E-state index contributed by atoms with van der Waals surface area (Å²) in [4.78, 5) is 25.6. The number of carbonyl (C=O) groups is 2. The number of carbonyl (C=O) groups excluding carboxylic acids is 2. The number of alkyl carbamates (subject to hydrolysis) is 1. The third-order valence-corrected chi connectivity index (χ3v) is 3.73. The largest absolute Gasteiger partial charge is 0.453 e. The third-order valence-electron chi connectivity index (χ3n) is 3.73. The van der Waals surface area contributed by atoms with Gasteiger partial charge in [0.1, 0.15) is 0 Å². The van der Waals surface area contributed by atoms with Gasteiger partial charge in [-0.3, -0.25) is 4.79 Å². The summed E-state index contributed by atoms with van der Waals surface area (Å²) in [6.45, 7) is 5.36. The molecule has 0 aliphatic rings. The van der Waals surface area contributed by atoms with Crippen molar-refractivity contribution < 1.29 is 19.1 Å². The summed E-state index contributed by atoms with van der Waals surface area (Å²) in [7, 11) is 2.95.